The van der Waals surface area contributed by atoms with E-state index >= 15 is 0 Å². The van der Waals surface area contributed by atoms with Gasteiger partial charge in [-0.25, -0.2) is 13.4 Å². The van der Waals surface area contributed by atoms with Gasteiger partial charge in [-0.1, -0.05) is 12.1 Å². The summed E-state index contributed by atoms with van der Waals surface area (Å²) in [6, 6.07) is 15.7. The van der Waals surface area contributed by atoms with Gasteiger partial charge in [0.25, 0.3) is 0 Å². The molecule has 0 bridgehead atoms. The minimum atomic E-state index is -3.12. The van der Waals surface area contributed by atoms with Crippen LogP contribution in [0.25, 0.3) is 6.08 Å². The molecule has 10 heteroatoms. The van der Waals surface area contributed by atoms with Crippen LogP contribution >= 0.6 is 0 Å². The Kier molecular flexibility index (Phi) is 8.73. The molecule has 198 valence electrons. The monoisotopic (exact) mass is 532 g/mol. The lowest BCUT2D eigenvalue weighted by Crippen LogP contribution is -2.48. The Morgan fingerprint density at radius 2 is 1.76 bits per heavy atom. The highest BCUT2D eigenvalue weighted by molar-refractivity contribution is 7.89. The Hall–Kier alpha value is -3.78. The molecule has 0 unspecified atom stereocenters. The third-order valence-electron chi connectivity index (χ3n) is 6.38. The average molecular weight is 533 g/mol. The van der Waals surface area contributed by atoms with Gasteiger partial charge in [-0.15, -0.1) is 0 Å². The summed E-state index contributed by atoms with van der Waals surface area (Å²) in [5, 5.41) is 12.0. The number of sulfonamides is 1. The quantitative estimate of drug-likeness (QED) is 0.397. The fourth-order valence-electron chi connectivity index (χ4n) is 4.37. The van der Waals surface area contributed by atoms with E-state index in [2.05, 4.69) is 20.2 Å². The van der Waals surface area contributed by atoms with Crippen molar-refractivity contribution in [2.24, 2.45) is 0 Å². The highest BCUT2D eigenvalue weighted by atomic mass is 32.2. The van der Waals surface area contributed by atoms with E-state index in [0.717, 1.165) is 53.3 Å². The molecule has 2 aromatic carbocycles. The second-order valence-corrected chi connectivity index (χ2v) is 11.4. The molecule has 1 aliphatic heterocycles. The summed E-state index contributed by atoms with van der Waals surface area (Å²) in [5.41, 5.74) is 4.83. The summed E-state index contributed by atoms with van der Waals surface area (Å²) in [5.74, 6) is 1.72. The molecule has 0 aliphatic carbocycles. The van der Waals surface area contributed by atoms with Crippen molar-refractivity contribution in [3.05, 3.63) is 77.0 Å². The SMILES string of the molecule is CCS(=O)(=O)N1CCN(Cc2ccc(Nc3nccc(Oc4c(C)cc(/C=C/C#N)cc4C)n3)cc2)CC1. The predicted molar refractivity (Wildman–Crippen MR) is 149 cm³/mol. The molecular formula is C28H32N6O3S. The van der Waals surface area contributed by atoms with Crippen molar-refractivity contribution < 1.29 is 13.2 Å². The van der Waals surface area contributed by atoms with Gasteiger partial charge in [-0.2, -0.15) is 14.6 Å². The fourth-order valence-corrected chi connectivity index (χ4v) is 5.45. The smallest absolute Gasteiger partial charge is 0.230 e. The van der Waals surface area contributed by atoms with Crippen molar-refractivity contribution in [3.8, 4) is 17.7 Å². The van der Waals surface area contributed by atoms with Crippen LogP contribution in [0.3, 0.4) is 0 Å². The molecule has 0 spiro atoms. The van der Waals surface area contributed by atoms with E-state index in [0.29, 0.717) is 24.9 Å². The minimum absolute atomic E-state index is 0.147. The van der Waals surface area contributed by atoms with Gasteiger partial charge in [0.05, 0.1) is 11.8 Å². The summed E-state index contributed by atoms with van der Waals surface area (Å²) in [6.45, 7) is 8.88. The van der Waals surface area contributed by atoms with Crippen LogP contribution in [0, 0.1) is 25.2 Å². The van der Waals surface area contributed by atoms with Crippen LogP contribution in [0.4, 0.5) is 11.6 Å². The Bertz CT molecular complexity index is 1420. The van der Waals surface area contributed by atoms with Gasteiger partial charge in [0, 0.05) is 56.8 Å². The molecule has 1 aliphatic rings. The van der Waals surface area contributed by atoms with Crippen LogP contribution in [0.5, 0.6) is 11.6 Å². The molecule has 1 saturated heterocycles. The number of nitrogens with zero attached hydrogens (tertiary/aromatic N) is 5. The molecule has 3 aromatic rings. The van der Waals surface area contributed by atoms with Crippen molar-refractivity contribution in [1.29, 1.82) is 5.26 Å². The molecule has 4 rings (SSSR count). The highest BCUT2D eigenvalue weighted by Crippen LogP contribution is 2.30. The van der Waals surface area contributed by atoms with Gasteiger partial charge < -0.3 is 10.1 Å². The third-order valence-corrected chi connectivity index (χ3v) is 8.26. The maximum Gasteiger partial charge on any atom is 0.230 e. The number of allylic oxidation sites excluding steroid dienone is 1. The number of benzene rings is 2. The number of hydrogen-bond donors (Lipinski definition) is 1. The van der Waals surface area contributed by atoms with Crippen LogP contribution in [-0.2, 0) is 16.6 Å². The van der Waals surface area contributed by atoms with E-state index < -0.39 is 10.0 Å². The number of nitriles is 1. The minimum Gasteiger partial charge on any atom is -0.438 e. The maximum atomic E-state index is 12.1. The Labute approximate surface area is 224 Å². The van der Waals surface area contributed by atoms with Gasteiger partial charge in [-0.3, -0.25) is 4.90 Å². The fraction of sp³-hybridized carbons (Fsp3) is 0.321. The first-order valence-corrected chi connectivity index (χ1v) is 14.1. The van der Waals surface area contributed by atoms with Crippen LogP contribution in [0.15, 0.2) is 54.7 Å². The number of rotatable bonds is 9. The topological polar surface area (TPSA) is 111 Å². The second kappa shape index (κ2) is 12.2. The lowest BCUT2D eigenvalue weighted by Gasteiger charge is -2.33. The molecule has 1 N–H and O–H groups in total. The first-order valence-electron chi connectivity index (χ1n) is 12.5. The number of anilines is 2. The van der Waals surface area contributed by atoms with Crippen LogP contribution in [0.1, 0.15) is 29.2 Å². The molecule has 9 nitrogen and oxygen atoms in total. The summed E-state index contributed by atoms with van der Waals surface area (Å²) >= 11 is 0. The zero-order valence-corrected chi connectivity index (χ0v) is 22.7. The molecule has 0 saturated carbocycles. The first kappa shape index (κ1) is 27.3. The van der Waals surface area contributed by atoms with E-state index in [1.807, 2.05) is 56.3 Å². The molecular weight excluding hydrogens is 500 g/mol. The van der Waals surface area contributed by atoms with Gasteiger partial charge in [0.2, 0.25) is 21.9 Å². The Balaban J connectivity index is 1.36. The normalized spacial score (nSPS) is 14.9. The van der Waals surface area contributed by atoms with Gasteiger partial charge >= 0.3 is 0 Å². The van der Waals surface area contributed by atoms with Crippen molar-refractivity contribution in [1.82, 2.24) is 19.2 Å². The summed E-state index contributed by atoms with van der Waals surface area (Å²) in [6.07, 6.45) is 4.86. The molecule has 2 heterocycles. The molecule has 0 amide bonds. The molecule has 1 aromatic heterocycles. The van der Waals surface area contributed by atoms with E-state index in [4.69, 9.17) is 10.00 Å². The molecule has 1 fully saturated rings. The lowest BCUT2D eigenvalue weighted by molar-refractivity contribution is 0.182. The molecule has 0 atom stereocenters. The highest BCUT2D eigenvalue weighted by Gasteiger charge is 2.25. The number of piperazine rings is 1. The summed E-state index contributed by atoms with van der Waals surface area (Å²) < 4.78 is 31.8. The van der Waals surface area contributed by atoms with E-state index in [-0.39, 0.29) is 5.75 Å². The maximum absolute atomic E-state index is 12.1. The van der Waals surface area contributed by atoms with Crippen LogP contribution in [0.2, 0.25) is 0 Å². The number of nitrogens with one attached hydrogen (secondary N) is 1. The third kappa shape index (κ3) is 6.95. The Morgan fingerprint density at radius 3 is 2.39 bits per heavy atom. The second-order valence-electron chi connectivity index (χ2n) is 9.16. The van der Waals surface area contributed by atoms with E-state index in [1.165, 1.54) is 6.08 Å². The Morgan fingerprint density at radius 1 is 1.08 bits per heavy atom. The van der Waals surface area contributed by atoms with Crippen LogP contribution < -0.4 is 10.1 Å². The zero-order chi connectivity index (χ0) is 27.1. The number of aryl methyl sites for hydroxylation is 2. The van der Waals surface area contributed by atoms with Crippen molar-refractivity contribution in [3.63, 3.8) is 0 Å². The number of hydrogen-bond acceptors (Lipinski definition) is 8. The van der Waals surface area contributed by atoms with Crippen molar-refractivity contribution in [2.45, 2.75) is 27.3 Å². The van der Waals surface area contributed by atoms with Gasteiger partial charge in [0.1, 0.15) is 5.75 Å². The summed E-state index contributed by atoms with van der Waals surface area (Å²) in [7, 11) is -3.12. The van der Waals surface area contributed by atoms with Gasteiger partial charge in [-0.05, 0) is 73.4 Å². The van der Waals surface area contributed by atoms with E-state index in [9.17, 15) is 8.42 Å². The lowest BCUT2D eigenvalue weighted by atomic mass is 10.1. The molecule has 0 radical (unpaired) electrons. The number of aromatic nitrogens is 2. The average Bonchev–Trinajstić information content (AvgIpc) is 2.91. The first-order chi connectivity index (χ1) is 18.3. The van der Waals surface area contributed by atoms with E-state index in [1.54, 1.807) is 29.6 Å². The molecule has 38 heavy (non-hydrogen) atoms. The predicted octanol–water partition coefficient (Wildman–Crippen LogP) is 4.63. The zero-order valence-electron chi connectivity index (χ0n) is 21.9. The van der Waals surface area contributed by atoms with Crippen LogP contribution in [-0.4, -0.2) is 59.5 Å². The standard InChI is InChI=1S/C28H32N6O3S/c1-4-38(35,36)34-16-14-33(15-17-34)20-23-7-9-25(10-8-23)31-28-30-13-11-26(32-28)37-27-21(2)18-24(6-5-12-29)19-22(27)3/h5-11,13,18-19H,4,14-17,20H2,1-3H3,(H,30,31,32)/b6-5+. The largest absolute Gasteiger partial charge is 0.438 e. The van der Waals surface area contributed by atoms with Gasteiger partial charge in [0.15, 0.2) is 0 Å². The van der Waals surface area contributed by atoms with Crippen molar-refractivity contribution in [2.75, 3.05) is 37.2 Å². The summed E-state index contributed by atoms with van der Waals surface area (Å²) in [4.78, 5) is 11.1. The number of ether oxygens (including phenoxy) is 1. The van der Waals surface area contributed by atoms with Crippen molar-refractivity contribution >= 4 is 27.7 Å².